The van der Waals surface area contributed by atoms with E-state index >= 15 is 0 Å². The molecule has 1 fully saturated rings. The molecule has 0 aromatic rings. The molecule has 2 aliphatic rings. The van der Waals surface area contributed by atoms with Crippen molar-refractivity contribution in [2.24, 2.45) is 11.3 Å². The Morgan fingerprint density at radius 3 is 2.79 bits per heavy atom. The van der Waals surface area contributed by atoms with Crippen molar-refractivity contribution in [3.8, 4) is 0 Å². The van der Waals surface area contributed by atoms with Gasteiger partial charge in [-0.05, 0) is 56.8 Å². The topological polar surface area (TPSA) is 0 Å². The molecule has 0 saturated heterocycles. The van der Waals surface area contributed by atoms with Gasteiger partial charge in [-0.15, -0.1) is 0 Å². The third-order valence-electron chi connectivity index (χ3n) is 4.83. The van der Waals surface area contributed by atoms with E-state index < -0.39 is 0 Å². The summed E-state index contributed by atoms with van der Waals surface area (Å²) in [6.45, 7) is 7.30. The predicted octanol–water partition coefficient (Wildman–Crippen LogP) is 4.70. The largest absolute Gasteiger partial charge is 0.0736 e. The fraction of sp³-hybridized carbons (Fsp3) is 0.857. The van der Waals surface area contributed by atoms with Gasteiger partial charge >= 0.3 is 0 Å². The molecule has 2 rings (SSSR count). The minimum absolute atomic E-state index is 0.593. The Morgan fingerprint density at radius 2 is 2.07 bits per heavy atom. The Bertz CT molecular complexity index is 249. The highest BCUT2D eigenvalue weighted by molar-refractivity contribution is 5.26. The van der Waals surface area contributed by atoms with E-state index in [1.165, 1.54) is 44.9 Å². The van der Waals surface area contributed by atoms with Gasteiger partial charge in [0.15, 0.2) is 0 Å². The van der Waals surface area contributed by atoms with Gasteiger partial charge in [-0.25, -0.2) is 0 Å². The van der Waals surface area contributed by atoms with Crippen molar-refractivity contribution >= 4 is 0 Å². The molecule has 0 radical (unpaired) electrons. The van der Waals surface area contributed by atoms with Gasteiger partial charge < -0.3 is 0 Å². The smallest absolute Gasteiger partial charge is 0.00856 e. The standard InChI is InChI=1S/C14H24/c1-4-12-8-5-9-13-11(2)7-6-10-14(12,13)3/h12H,4-10H2,1-3H3/t12-,14?/m1/s1. The molecule has 0 nitrogen and oxygen atoms in total. The lowest BCUT2D eigenvalue weighted by molar-refractivity contribution is 0.149. The van der Waals surface area contributed by atoms with E-state index in [-0.39, 0.29) is 0 Å². The monoisotopic (exact) mass is 192 g/mol. The van der Waals surface area contributed by atoms with Crippen LogP contribution in [-0.2, 0) is 0 Å². The van der Waals surface area contributed by atoms with Gasteiger partial charge in [-0.2, -0.15) is 0 Å². The third-order valence-corrected chi connectivity index (χ3v) is 4.83. The highest BCUT2D eigenvalue weighted by Gasteiger charge is 2.40. The first kappa shape index (κ1) is 10.3. The zero-order valence-electron chi connectivity index (χ0n) is 10.0. The van der Waals surface area contributed by atoms with E-state index in [2.05, 4.69) is 20.8 Å². The van der Waals surface area contributed by atoms with Crippen LogP contribution in [0.5, 0.6) is 0 Å². The summed E-state index contributed by atoms with van der Waals surface area (Å²) < 4.78 is 0. The second-order valence-corrected chi connectivity index (χ2v) is 5.53. The van der Waals surface area contributed by atoms with E-state index in [1.807, 2.05) is 5.57 Å². The van der Waals surface area contributed by atoms with Gasteiger partial charge in [0.2, 0.25) is 0 Å². The van der Waals surface area contributed by atoms with E-state index in [4.69, 9.17) is 0 Å². The average molecular weight is 192 g/mol. The molecule has 0 heterocycles. The molecular formula is C14H24. The number of fused-ring (bicyclic) bond motifs is 1. The molecule has 14 heavy (non-hydrogen) atoms. The molecule has 1 saturated carbocycles. The molecule has 1 unspecified atom stereocenters. The van der Waals surface area contributed by atoms with Gasteiger partial charge in [0.1, 0.15) is 0 Å². The minimum atomic E-state index is 0.593. The molecule has 0 heteroatoms. The van der Waals surface area contributed by atoms with Gasteiger partial charge in [0.25, 0.3) is 0 Å². The summed E-state index contributed by atoms with van der Waals surface area (Å²) in [5.41, 5.74) is 4.17. The number of rotatable bonds is 1. The predicted molar refractivity (Wildman–Crippen MR) is 62.3 cm³/mol. The van der Waals surface area contributed by atoms with Crippen LogP contribution >= 0.6 is 0 Å². The van der Waals surface area contributed by atoms with E-state index in [0.717, 1.165) is 5.92 Å². The summed E-state index contributed by atoms with van der Waals surface area (Å²) in [5, 5.41) is 0. The molecule has 2 atom stereocenters. The molecular weight excluding hydrogens is 168 g/mol. The van der Waals surface area contributed by atoms with Crippen LogP contribution < -0.4 is 0 Å². The van der Waals surface area contributed by atoms with Crippen molar-refractivity contribution in [3.63, 3.8) is 0 Å². The molecule has 0 aromatic carbocycles. The molecule has 0 N–H and O–H groups in total. The molecule has 0 bridgehead atoms. The van der Waals surface area contributed by atoms with Crippen molar-refractivity contribution in [1.82, 2.24) is 0 Å². The average Bonchev–Trinajstić information content (AvgIpc) is 2.17. The summed E-state index contributed by atoms with van der Waals surface area (Å²) in [4.78, 5) is 0. The molecule has 0 aromatic heterocycles. The van der Waals surface area contributed by atoms with Crippen LogP contribution in [0.4, 0.5) is 0 Å². The number of allylic oxidation sites excluding steroid dienone is 2. The van der Waals surface area contributed by atoms with Crippen LogP contribution in [-0.4, -0.2) is 0 Å². The van der Waals surface area contributed by atoms with Crippen LogP contribution in [0.3, 0.4) is 0 Å². The SMILES string of the molecule is CC[C@@H]1CCCC2=C(C)CCCC21C. The maximum atomic E-state index is 2.54. The summed E-state index contributed by atoms with van der Waals surface area (Å²) >= 11 is 0. The summed E-state index contributed by atoms with van der Waals surface area (Å²) in [6, 6.07) is 0. The third kappa shape index (κ3) is 1.43. The first-order chi connectivity index (χ1) is 6.68. The maximum Gasteiger partial charge on any atom is -0.00856 e. The quantitative estimate of drug-likeness (QED) is 0.528. The first-order valence-electron chi connectivity index (χ1n) is 6.37. The van der Waals surface area contributed by atoms with Crippen molar-refractivity contribution in [2.45, 2.75) is 65.7 Å². The van der Waals surface area contributed by atoms with Crippen molar-refractivity contribution < 1.29 is 0 Å². The zero-order chi connectivity index (χ0) is 10.2. The zero-order valence-corrected chi connectivity index (χ0v) is 10.0. The number of hydrogen-bond acceptors (Lipinski definition) is 0. The molecule has 0 spiro atoms. The van der Waals surface area contributed by atoms with Crippen molar-refractivity contribution in [3.05, 3.63) is 11.1 Å². The van der Waals surface area contributed by atoms with Crippen LogP contribution in [0, 0.1) is 11.3 Å². The minimum Gasteiger partial charge on any atom is -0.0736 e. The molecule has 0 amide bonds. The Labute approximate surface area is 88.8 Å². The highest BCUT2D eigenvalue weighted by Crippen LogP contribution is 2.53. The lowest BCUT2D eigenvalue weighted by Gasteiger charge is -2.47. The van der Waals surface area contributed by atoms with Crippen LogP contribution in [0.25, 0.3) is 0 Å². The fourth-order valence-electron chi connectivity index (χ4n) is 3.96. The normalized spacial score (nSPS) is 38.4. The molecule has 80 valence electrons. The Kier molecular flexibility index (Phi) is 2.72. The fourth-order valence-corrected chi connectivity index (χ4v) is 3.96. The Hall–Kier alpha value is -0.260. The highest BCUT2D eigenvalue weighted by atomic mass is 14.5. The van der Waals surface area contributed by atoms with Gasteiger partial charge in [0, 0.05) is 0 Å². The maximum absolute atomic E-state index is 2.54. The summed E-state index contributed by atoms with van der Waals surface area (Å²) in [5.74, 6) is 0.974. The van der Waals surface area contributed by atoms with Gasteiger partial charge in [0.05, 0.1) is 0 Å². The first-order valence-corrected chi connectivity index (χ1v) is 6.37. The summed E-state index contributed by atoms with van der Waals surface area (Å²) in [7, 11) is 0. The Balaban J connectivity index is 2.34. The number of hydrogen-bond donors (Lipinski definition) is 0. The van der Waals surface area contributed by atoms with Crippen LogP contribution in [0.2, 0.25) is 0 Å². The lowest BCUT2D eigenvalue weighted by atomic mass is 9.58. The van der Waals surface area contributed by atoms with E-state index in [0.29, 0.717) is 5.41 Å². The second kappa shape index (κ2) is 3.72. The second-order valence-electron chi connectivity index (χ2n) is 5.53. The molecule has 2 aliphatic carbocycles. The molecule has 0 aliphatic heterocycles. The van der Waals surface area contributed by atoms with Gasteiger partial charge in [-0.1, -0.05) is 31.4 Å². The van der Waals surface area contributed by atoms with Crippen molar-refractivity contribution in [2.75, 3.05) is 0 Å². The lowest BCUT2D eigenvalue weighted by Crippen LogP contribution is -2.35. The van der Waals surface area contributed by atoms with Crippen molar-refractivity contribution in [1.29, 1.82) is 0 Å². The van der Waals surface area contributed by atoms with Gasteiger partial charge in [-0.3, -0.25) is 0 Å². The summed E-state index contributed by atoms with van der Waals surface area (Å²) in [6.07, 6.45) is 9.97. The van der Waals surface area contributed by atoms with E-state index in [1.54, 1.807) is 5.57 Å². The van der Waals surface area contributed by atoms with Crippen LogP contribution in [0.15, 0.2) is 11.1 Å². The van der Waals surface area contributed by atoms with E-state index in [9.17, 15) is 0 Å². The Morgan fingerprint density at radius 1 is 1.29 bits per heavy atom. The van der Waals surface area contributed by atoms with Crippen LogP contribution in [0.1, 0.15) is 65.7 Å².